The van der Waals surface area contributed by atoms with Crippen LogP contribution < -0.4 is 15.8 Å². The van der Waals surface area contributed by atoms with Crippen LogP contribution in [0.25, 0.3) is 10.4 Å². The second kappa shape index (κ2) is 8.63. The maximum absolute atomic E-state index is 12.6. The Bertz CT molecular complexity index is 1110. The molecule has 1 aromatic carbocycles. The molecule has 31 heavy (non-hydrogen) atoms. The second-order valence-electron chi connectivity index (χ2n) is 8.31. The minimum Gasteiger partial charge on any atom is -0.367 e. The molecule has 2 aliphatic rings. The number of anilines is 2. The first kappa shape index (κ1) is 19.9. The highest BCUT2D eigenvalue weighted by Gasteiger charge is 2.33. The summed E-state index contributed by atoms with van der Waals surface area (Å²) in [6.45, 7) is 1.55. The van der Waals surface area contributed by atoms with Crippen LogP contribution in [0.4, 0.5) is 10.9 Å². The monoisotopic (exact) mass is 434 g/mol. The van der Waals surface area contributed by atoms with E-state index in [0.717, 1.165) is 42.2 Å². The lowest BCUT2D eigenvalue weighted by Gasteiger charge is -2.38. The van der Waals surface area contributed by atoms with Crippen molar-refractivity contribution in [1.82, 2.24) is 15.0 Å². The largest absolute Gasteiger partial charge is 0.367 e. The second-order valence-corrected chi connectivity index (χ2v) is 9.32. The molecule has 2 fully saturated rings. The molecule has 1 aliphatic heterocycles. The van der Waals surface area contributed by atoms with Gasteiger partial charge < -0.3 is 20.6 Å². The number of aromatic nitrogens is 3. The molecule has 1 aliphatic carbocycles. The van der Waals surface area contributed by atoms with Crippen LogP contribution in [0.5, 0.6) is 0 Å². The maximum Gasteiger partial charge on any atom is 0.261 e. The van der Waals surface area contributed by atoms with Gasteiger partial charge in [-0.3, -0.25) is 4.79 Å². The maximum atomic E-state index is 12.6. The van der Waals surface area contributed by atoms with Gasteiger partial charge >= 0.3 is 0 Å². The molecule has 0 unspecified atom stereocenters. The Morgan fingerprint density at radius 1 is 1.16 bits per heavy atom. The van der Waals surface area contributed by atoms with Crippen molar-refractivity contribution in [3.63, 3.8) is 0 Å². The minimum atomic E-state index is -0.239. The molecule has 8 heteroatoms. The Balaban J connectivity index is 1.30. The van der Waals surface area contributed by atoms with Gasteiger partial charge in [0, 0.05) is 31.5 Å². The molecule has 3 N–H and O–H groups in total. The van der Waals surface area contributed by atoms with Crippen molar-refractivity contribution in [3.8, 4) is 10.4 Å². The quantitative estimate of drug-likeness (QED) is 0.504. The highest BCUT2D eigenvalue weighted by Crippen LogP contribution is 2.36. The average Bonchev–Trinajstić information content (AvgIpc) is 3.24. The Morgan fingerprint density at radius 3 is 2.68 bits per heavy atom. The van der Waals surface area contributed by atoms with E-state index >= 15 is 0 Å². The van der Waals surface area contributed by atoms with E-state index in [9.17, 15) is 4.79 Å². The molecule has 2 aromatic heterocycles. The molecular formula is C23H26N6OS. The lowest BCUT2D eigenvalue weighted by molar-refractivity contribution is 0.460. The van der Waals surface area contributed by atoms with Crippen molar-refractivity contribution in [1.29, 1.82) is 5.41 Å². The molecule has 7 nitrogen and oxygen atoms in total. The molecule has 0 spiro atoms. The van der Waals surface area contributed by atoms with Crippen LogP contribution in [0.1, 0.15) is 49.4 Å². The third kappa shape index (κ3) is 4.12. The van der Waals surface area contributed by atoms with Crippen LogP contribution in [0.3, 0.4) is 0 Å². The first-order chi connectivity index (χ1) is 15.2. The van der Waals surface area contributed by atoms with Gasteiger partial charge in [-0.05, 0) is 18.4 Å². The molecule has 0 atom stereocenters. The summed E-state index contributed by atoms with van der Waals surface area (Å²) in [6.07, 6.45) is 8.87. The summed E-state index contributed by atoms with van der Waals surface area (Å²) in [6, 6.07) is 10.6. The van der Waals surface area contributed by atoms with Crippen molar-refractivity contribution in [2.24, 2.45) is 0 Å². The van der Waals surface area contributed by atoms with Crippen LogP contribution in [-0.4, -0.2) is 40.3 Å². The summed E-state index contributed by atoms with van der Waals surface area (Å²) >= 11 is 1.68. The van der Waals surface area contributed by atoms with Crippen LogP contribution in [0.15, 0.2) is 41.3 Å². The SMILES string of the molecule is N=Cc1c(NC2CCCCC2)nc(C2CN(c3ncc(-c4ccccc4)s3)C2)[nH]c1=O. The van der Waals surface area contributed by atoms with Gasteiger partial charge in [-0.1, -0.05) is 60.9 Å². The molecule has 5 rings (SSSR count). The fraction of sp³-hybridized carbons (Fsp3) is 0.391. The van der Waals surface area contributed by atoms with Crippen molar-refractivity contribution in [2.45, 2.75) is 44.1 Å². The van der Waals surface area contributed by atoms with Crippen molar-refractivity contribution < 1.29 is 0 Å². The number of nitrogens with zero attached hydrogens (tertiary/aromatic N) is 3. The topological polar surface area (TPSA) is 97.8 Å². The van der Waals surface area contributed by atoms with Gasteiger partial charge in [-0.25, -0.2) is 9.97 Å². The zero-order valence-corrected chi connectivity index (χ0v) is 18.1. The summed E-state index contributed by atoms with van der Waals surface area (Å²) in [7, 11) is 0. The van der Waals surface area contributed by atoms with Crippen molar-refractivity contribution in [3.05, 3.63) is 58.3 Å². The minimum absolute atomic E-state index is 0.156. The van der Waals surface area contributed by atoms with E-state index in [1.807, 2.05) is 24.4 Å². The summed E-state index contributed by atoms with van der Waals surface area (Å²) in [5.74, 6) is 1.41. The Kier molecular flexibility index (Phi) is 5.55. The number of H-pyrrole nitrogens is 1. The highest BCUT2D eigenvalue weighted by atomic mass is 32.1. The Morgan fingerprint density at radius 2 is 1.94 bits per heavy atom. The van der Waals surface area contributed by atoms with Gasteiger partial charge in [0.1, 0.15) is 11.6 Å². The fourth-order valence-electron chi connectivity index (χ4n) is 4.33. The lowest BCUT2D eigenvalue weighted by Crippen LogP contribution is -2.46. The third-order valence-corrected chi connectivity index (χ3v) is 7.26. The van der Waals surface area contributed by atoms with Crippen LogP contribution >= 0.6 is 11.3 Å². The number of hydrogen-bond acceptors (Lipinski definition) is 7. The van der Waals surface area contributed by atoms with Gasteiger partial charge in [0.05, 0.1) is 16.4 Å². The third-order valence-electron chi connectivity index (χ3n) is 6.15. The summed E-state index contributed by atoms with van der Waals surface area (Å²) in [5.41, 5.74) is 1.25. The summed E-state index contributed by atoms with van der Waals surface area (Å²) < 4.78 is 0. The molecule has 3 heterocycles. The number of rotatable bonds is 6. The number of thiazole rings is 1. The van der Waals surface area contributed by atoms with E-state index < -0.39 is 0 Å². The predicted octanol–water partition coefficient (Wildman–Crippen LogP) is 4.24. The van der Waals surface area contributed by atoms with E-state index in [4.69, 9.17) is 10.4 Å². The van der Waals surface area contributed by atoms with Crippen LogP contribution in [-0.2, 0) is 0 Å². The van der Waals surface area contributed by atoms with Gasteiger partial charge in [0.2, 0.25) is 0 Å². The van der Waals surface area contributed by atoms with Gasteiger partial charge in [0.25, 0.3) is 5.56 Å². The number of nitrogens with one attached hydrogen (secondary N) is 3. The molecule has 0 radical (unpaired) electrons. The van der Waals surface area contributed by atoms with E-state index in [1.54, 1.807) is 11.3 Å². The molecule has 0 amide bonds. The normalized spacial score (nSPS) is 17.4. The van der Waals surface area contributed by atoms with Crippen LogP contribution in [0.2, 0.25) is 0 Å². The van der Waals surface area contributed by atoms with Crippen molar-refractivity contribution >= 4 is 28.5 Å². The van der Waals surface area contributed by atoms with E-state index in [1.165, 1.54) is 24.8 Å². The summed E-state index contributed by atoms with van der Waals surface area (Å²) in [4.78, 5) is 28.2. The smallest absolute Gasteiger partial charge is 0.261 e. The Hall–Kier alpha value is -3.00. The number of aromatic amines is 1. The zero-order valence-electron chi connectivity index (χ0n) is 17.3. The molecule has 160 valence electrons. The predicted molar refractivity (Wildman–Crippen MR) is 126 cm³/mol. The molecule has 1 saturated heterocycles. The fourth-order valence-corrected chi connectivity index (χ4v) is 5.27. The first-order valence-electron chi connectivity index (χ1n) is 10.9. The highest BCUT2D eigenvalue weighted by molar-refractivity contribution is 7.18. The molecular weight excluding hydrogens is 408 g/mol. The van der Waals surface area contributed by atoms with Gasteiger partial charge in [-0.2, -0.15) is 0 Å². The number of hydrogen-bond donors (Lipinski definition) is 3. The van der Waals surface area contributed by atoms with Crippen molar-refractivity contribution in [2.75, 3.05) is 23.3 Å². The Labute approximate surface area is 185 Å². The van der Waals surface area contributed by atoms with Gasteiger partial charge in [0.15, 0.2) is 5.13 Å². The zero-order chi connectivity index (χ0) is 21.2. The standard InChI is InChI=1S/C23H26N6OS/c24-11-18-21(26-17-9-5-2-6-10-17)27-20(28-22(18)30)16-13-29(14-16)23-25-12-19(31-23)15-7-3-1-4-8-15/h1,3-4,7-8,11-12,16-17,24H,2,5-6,9-10,13-14H2,(H2,26,27,28,30). The molecule has 1 saturated carbocycles. The lowest BCUT2D eigenvalue weighted by atomic mass is 9.95. The van der Waals surface area contributed by atoms with E-state index in [2.05, 4.69) is 32.3 Å². The van der Waals surface area contributed by atoms with Gasteiger partial charge in [-0.15, -0.1) is 0 Å². The summed E-state index contributed by atoms with van der Waals surface area (Å²) in [5, 5.41) is 12.1. The van der Waals surface area contributed by atoms with E-state index in [0.29, 0.717) is 23.2 Å². The molecule has 0 bridgehead atoms. The number of benzene rings is 1. The average molecular weight is 435 g/mol. The van der Waals surface area contributed by atoms with Crippen LogP contribution in [0, 0.1) is 5.41 Å². The van der Waals surface area contributed by atoms with E-state index in [-0.39, 0.29) is 11.5 Å². The first-order valence-corrected chi connectivity index (χ1v) is 11.7. The molecule has 3 aromatic rings.